The lowest BCUT2D eigenvalue weighted by Crippen LogP contribution is -2.14. The third-order valence-electron chi connectivity index (χ3n) is 4.89. The van der Waals surface area contributed by atoms with Crippen molar-refractivity contribution in [2.45, 2.75) is 13.8 Å². The molecule has 1 amide bonds. The summed E-state index contributed by atoms with van der Waals surface area (Å²) in [6, 6.07) is 17.8. The molecule has 0 aliphatic rings. The predicted octanol–water partition coefficient (Wildman–Crippen LogP) is 5.01. The molecule has 0 fully saturated rings. The standard InChI is InChI=1S/C22H18N4O3/c1-13-6-3-4-7-16(13)21-24-18-11-10-15(12-19(18)25-21)23-22(27)17-8-5-9-20(14(17)2)26(28)29/h3-12H,1-2H3,(H,23,27)(H,24,25). The summed E-state index contributed by atoms with van der Waals surface area (Å²) in [5.74, 6) is 0.361. The Morgan fingerprint density at radius 1 is 1.07 bits per heavy atom. The van der Waals surface area contributed by atoms with Crippen LogP contribution in [0, 0.1) is 24.0 Å². The van der Waals surface area contributed by atoms with E-state index in [0.717, 1.165) is 28.0 Å². The molecule has 0 aliphatic heterocycles. The lowest BCUT2D eigenvalue weighted by Gasteiger charge is -2.08. The first-order valence-corrected chi connectivity index (χ1v) is 9.05. The number of carbonyl (C=O) groups is 1. The van der Waals surface area contributed by atoms with Gasteiger partial charge in [0.1, 0.15) is 5.82 Å². The van der Waals surface area contributed by atoms with E-state index < -0.39 is 10.8 Å². The number of imidazole rings is 1. The largest absolute Gasteiger partial charge is 0.338 e. The van der Waals surface area contributed by atoms with E-state index in [2.05, 4.69) is 15.3 Å². The number of hydrogen-bond acceptors (Lipinski definition) is 4. The van der Waals surface area contributed by atoms with Crippen LogP contribution >= 0.6 is 0 Å². The molecular formula is C22H18N4O3. The Bertz CT molecular complexity index is 1260. The van der Waals surface area contributed by atoms with Crippen molar-refractivity contribution >= 4 is 28.3 Å². The molecule has 0 saturated heterocycles. The van der Waals surface area contributed by atoms with Gasteiger partial charge >= 0.3 is 0 Å². The topological polar surface area (TPSA) is 101 Å². The molecule has 3 aromatic carbocycles. The van der Waals surface area contributed by atoms with E-state index in [4.69, 9.17) is 0 Å². The highest BCUT2D eigenvalue weighted by Gasteiger charge is 2.18. The average Bonchev–Trinajstić information content (AvgIpc) is 3.11. The molecule has 7 heteroatoms. The number of nitrogens with one attached hydrogen (secondary N) is 2. The molecule has 7 nitrogen and oxygen atoms in total. The second-order valence-electron chi connectivity index (χ2n) is 6.79. The molecule has 0 saturated carbocycles. The molecule has 1 heterocycles. The summed E-state index contributed by atoms with van der Waals surface area (Å²) in [5, 5.41) is 13.9. The van der Waals surface area contributed by atoms with E-state index in [-0.39, 0.29) is 11.3 Å². The molecule has 4 rings (SSSR count). The van der Waals surface area contributed by atoms with Crippen LogP contribution in [0.15, 0.2) is 60.7 Å². The number of hydrogen-bond donors (Lipinski definition) is 2. The second-order valence-corrected chi connectivity index (χ2v) is 6.79. The van der Waals surface area contributed by atoms with Gasteiger partial charge in [0, 0.05) is 28.4 Å². The molecule has 0 atom stereocenters. The maximum Gasteiger partial charge on any atom is 0.273 e. The zero-order chi connectivity index (χ0) is 20.5. The van der Waals surface area contributed by atoms with Crippen LogP contribution in [0.2, 0.25) is 0 Å². The van der Waals surface area contributed by atoms with Gasteiger partial charge in [-0.1, -0.05) is 30.3 Å². The van der Waals surface area contributed by atoms with Gasteiger partial charge in [0.2, 0.25) is 0 Å². The molecule has 0 bridgehead atoms. The third-order valence-corrected chi connectivity index (χ3v) is 4.89. The summed E-state index contributed by atoms with van der Waals surface area (Å²) in [4.78, 5) is 31.2. The lowest BCUT2D eigenvalue weighted by molar-refractivity contribution is -0.385. The first kappa shape index (κ1) is 18.4. The van der Waals surface area contributed by atoms with E-state index in [1.54, 1.807) is 25.1 Å². The first-order chi connectivity index (χ1) is 13.9. The fraction of sp³-hybridized carbons (Fsp3) is 0.0909. The number of aryl methyl sites for hydroxylation is 1. The van der Waals surface area contributed by atoms with Gasteiger partial charge in [-0.25, -0.2) is 4.98 Å². The summed E-state index contributed by atoms with van der Waals surface area (Å²) in [6.07, 6.45) is 0. The molecule has 29 heavy (non-hydrogen) atoms. The number of H-pyrrole nitrogens is 1. The van der Waals surface area contributed by atoms with Gasteiger partial charge in [0.25, 0.3) is 11.6 Å². The van der Waals surface area contributed by atoms with Crippen molar-refractivity contribution in [3.8, 4) is 11.4 Å². The molecule has 4 aromatic rings. The number of anilines is 1. The maximum atomic E-state index is 12.7. The van der Waals surface area contributed by atoms with Gasteiger partial charge in [-0.15, -0.1) is 0 Å². The van der Waals surface area contributed by atoms with E-state index in [9.17, 15) is 14.9 Å². The molecule has 0 radical (unpaired) electrons. The van der Waals surface area contributed by atoms with Crippen LogP contribution in [0.4, 0.5) is 11.4 Å². The summed E-state index contributed by atoms with van der Waals surface area (Å²) in [6.45, 7) is 3.59. The van der Waals surface area contributed by atoms with E-state index in [1.165, 1.54) is 12.1 Å². The van der Waals surface area contributed by atoms with Gasteiger partial charge in [-0.3, -0.25) is 14.9 Å². The van der Waals surface area contributed by atoms with Gasteiger partial charge in [-0.2, -0.15) is 0 Å². The van der Waals surface area contributed by atoms with Crippen LogP contribution in [0.1, 0.15) is 21.5 Å². The van der Waals surface area contributed by atoms with Gasteiger partial charge < -0.3 is 10.3 Å². The van der Waals surface area contributed by atoms with Crippen molar-refractivity contribution in [1.82, 2.24) is 9.97 Å². The van der Waals surface area contributed by atoms with Crippen molar-refractivity contribution in [2.75, 3.05) is 5.32 Å². The first-order valence-electron chi connectivity index (χ1n) is 9.05. The number of nitro groups is 1. The molecular weight excluding hydrogens is 368 g/mol. The summed E-state index contributed by atoms with van der Waals surface area (Å²) < 4.78 is 0. The van der Waals surface area contributed by atoms with Crippen molar-refractivity contribution in [3.63, 3.8) is 0 Å². The van der Waals surface area contributed by atoms with Crippen molar-refractivity contribution in [3.05, 3.63) is 87.5 Å². The molecule has 0 spiro atoms. The number of amides is 1. The monoisotopic (exact) mass is 386 g/mol. The minimum Gasteiger partial charge on any atom is -0.338 e. The highest BCUT2D eigenvalue weighted by molar-refractivity contribution is 6.06. The fourth-order valence-corrected chi connectivity index (χ4v) is 3.32. The van der Waals surface area contributed by atoms with Crippen molar-refractivity contribution in [1.29, 1.82) is 0 Å². The van der Waals surface area contributed by atoms with E-state index >= 15 is 0 Å². The maximum absolute atomic E-state index is 12.7. The number of rotatable bonds is 4. The second kappa shape index (κ2) is 7.20. The summed E-state index contributed by atoms with van der Waals surface area (Å²) in [7, 11) is 0. The summed E-state index contributed by atoms with van der Waals surface area (Å²) >= 11 is 0. The molecule has 2 N–H and O–H groups in total. The van der Waals surface area contributed by atoms with Crippen LogP contribution in [-0.4, -0.2) is 20.8 Å². The minimum atomic E-state index is -0.490. The lowest BCUT2D eigenvalue weighted by atomic mass is 10.1. The molecule has 0 aliphatic carbocycles. The van der Waals surface area contributed by atoms with Gasteiger partial charge in [0.05, 0.1) is 16.0 Å². The highest BCUT2D eigenvalue weighted by atomic mass is 16.6. The Morgan fingerprint density at radius 2 is 1.86 bits per heavy atom. The Morgan fingerprint density at radius 3 is 2.62 bits per heavy atom. The molecule has 1 aromatic heterocycles. The smallest absolute Gasteiger partial charge is 0.273 e. The van der Waals surface area contributed by atoms with Crippen LogP contribution in [-0.2, 0) is 0 Å². The normalized spacial score (nSPS) is 10.8. The zero-order valence-corrected chi connectivity index (χ0v) is 15.9. The Hall–Kier alpha value is -4.00. The number of benzene rings is 3. The number of aromatic amines is 1. The Labute approximate surface area is 166 Å². The number of nitrogens with zero attached hydrogens (tertiary/aromatic N) is 2. The van der Waals surface area contributed by atoms with Crippen LogP contribution in [0.25, 0.3) is 22.4 Å². The van der Waals surface area contributed by atoms with Gasteiger partial charge in [0.15, 0.2) is 0 Å². The van der Waals surface area contributed by atoms with E-state index in [1.807, 2.05) is 37.3 Å². The number of carbonyl (C=O) groups excluding carboxylic acids is 1. The predicted molar refractivity (Wildman–Crippen MR) is 112 cm³/mol. The average molecular weight is 386 g/mol. The van der Waals surface area contributed by atoms with Crippen LogP contribution < -0.4 is 5.32 Å². The molecule has 144 valence electrons. The number of aromatic nitrogens is 2. The van der Waals surface area contributed by atoms with Crippen molar-refractivity contribution < 1.29 is 9.72 Å². The van der Waals surface area contributed by atoms with Gasteiger partial charge in [-0.05, 0) is 43.7 Å². The quantitative estimate of drug-likeness (QED) is 0.380. The Kier molecular flexibility index (Phi) is 4.56. The zero-order valence-electron chi connectivity index (χ0n) is 15.9. The number of fused-ring (bicyclic) bond motifs is 1. The SMILES string of the molecule is Cc1ccccc1-c1nc2ccc(NC(=O)c3cccc([N+](=O)[O-])c3C)cc2[nH]1. The summed E-state index contributed by atoms with van der Waals surface area (Å²) in [5.41, 5.74) is 4.80. The van der Waals surface area contributed by atoms with E-state index in [0.29, 0.717) is 11.3 Å². The van der Waals surface area contributed by atoms with Crippen molar-refractivity contribution in [2.24, 2.45) is 0 Å². The number of nitro benzene ring substituents is 1. The Balaban J connectivity index is 1.64. The van der Waals surface area contributed by atoms with Crippen LogP contribution in [0.3, 0.4) is 0 Å². The molecule has 0 unspecified atom stereocenters. The highest BCUT2D eigenvalue weighted by Crippen LogP contribution is 2.26. The van der Waals surface area contributed by atoms with Crippen LogP contribution in [0.5, 0.6) is 0 Å². The minimum absolute atomic E-state index is 0.0791. The third kappa shape index (κ3) is 3.45. The fourth-order valence-electron chi connectivity index (χ4n) is 3.32.